The van der Waals surface area contributed by atoms with Gasteiger partial charge in [0.15, 0.2) is 0 Å². The van der Waals surface area contributed by atoms with Crippen LogP contribution >= 0.6 is 11.8 Å². The predicted octanol–water partition coefficient (Wildman–Crippen LogP) is 1.88. The van der Waals surface area contributed by atoms with Crippen molar-refractivity contribution in [3.05, 3.63) is 0 Å². The van der Waals surface area contributed by atoms with E-state index in [0.29, 0.717) is 6.04 Å². The van der Waals surface area contributed by atoms with E-state index in [1.165, 1.54) is 12.2 Å². The third-order valence-electron chi connectivity index (χ3n) is 1.95. The number of nitrogens with one attached hydrogen (secondary N) is 2. The highest BCUT2D eigenvalue weighted by atomic mass is 32.2. The van der Waals surface area contributed by atoms with Crippen molar-refractivity contribution in [2.75, 3.05) is 25.6 Å². The first kappa shape index (κ1) is 17.2. The summed E-state index contributed by atoms with van der Waals surface area (Å²) in [7, 11) is 1.91. The molecule has 0 aromatic rings. The van der Waals surface area contributed by atoms with E-state index >= 15 is 0 Å². The van der Waals surface area contributed by atoms with E-state index in [1.54, 1.807) is 0 Å². The monoisotopic (exact) mass is 234 g/mol. The lowest BCUT2D eigenvalue weighted by atomic mass is 10.1. The van der Waals surface area contributed by atoms with E-state index in [0.717, 1.165) is 25.8 Å². The van der Waals surface area contributed by atoms with Crippen molar-refractivity contribution < 1.29 is 4.79 Å². The van der Waals surface area contributed by atoms with Gasteiger partial charge in [-0.25, -0.2) is 0 Å². The van der Waals surface area contributed by atoms with Gasteiger partial charge < -0.3 is 10.6 Å². The van der Waals surface area contributed by atoms with Crippen LogP contribution in [0, 0.1) is 0 Å². The van der Waals surface area contributed by atoms with Gasteiger partial charge in [-0.3, -0.25) is 4.79 Å². The Morgan fingerprint density at radius 1 is 1.40 bits per heavy atom. The summed E-state index contributed by atoms with van der Waals surface area (Å²) in [5.41, 5.74) is 0. The highest BCUT2D eigenvalue weighted by molar-refractivity contribution is 7.98. The smallest absolute Gasteiger partial charge is 0.207 e. The Morgan fingerprint density at radius 2 is 2.07 bits per heavy atom. The summed E-state index contributed by atoms with van der Waals surface area (Å²) in [6.45, 7) is 5.21. The largest absolute Gasteiger partial charge is 0.356 e. The first-order valence-electron chi connectivity index (χ1n) is 5.59. The number of rotatable bonds is 8. The Balaban J connectivity index is 0. The van der Waals surface area contributed by atoms with E-state index in [9.17, 15) is 4.79 Å². The summed E-state index contributed by atoms with van der Waals surface area (Å²) in [5.74, 6) is 1.31. The van der Waals surface area contributed by atoms with Gasteiger partial charge in [0.05, 0.1) is 0 Å². The third kappa shape index (κ3) is 16.5. The molecule has 0 spiro atoms. The van der Waals surface area contributed by atoms with Gasteiger partial charge in [0.2, 0.25) is 6.41 Å². The first-order valence-corrected chi connectivity index (χ1v) is 6.99. The normalized spacial score (nSPS) is 11.2. The molecule has 0 fully saturated rings. The Labute approximate surface area is 98.8 Å². The molecule has 0 bridgehead atoms. The topological polar surface area (TPSA) is 41.1 Å². The van der Waals surface area contributed by atoms with Gasteiger partial charge in [-0.2, -0.15) is 11.8 Å². The minimum atomic E-state index is 0.338. The van der Waals surface area contributed by atoms with E-state index in [4.69, 9.17) is 0 Å². The minimum absolute atomic E-state index is 0.338. The van der Waals surface area contributed by atoms with Crippen LogP contribution in [0.15, 0.2) is 0 Å². The maximum atomic E-state index is 10.0. The molecule has 0 aromatic carbocycles. The molecule has 92 valence electrons. The first-order chi connectivity index (χ1) is 7.26. The van der Waals surface area contributed by atoms with Crippen molar-refractivity contribution in [1.82, 2.24) is 10.6 Å². The number of carbonyl (C=O) groups is 1. The number of amides is 1. The van der Waals surface area contributed by atoms with Crippen LogP contribution in [-0.4, -0.2) is 38.1 Å². The van der Waals surface area contributed by atoms with Gasteiger partial charge in [-0.1, -0.05) is 13.8 Å². The van der Waals surface area contributed by atoms with Crippen LogP contribution in [-0.2, 0) is 4.79 Å². The average Bonchev–Trinajstić information content (AvgIpc) is 2.26. The van der Waals surface area contributed by atoms with Crippen molar-refractivity contribution in [3.63, 3.8) is 0 Å². The maximum absolute atomic E-state index is 10.0. The molecule has 0 saturated heterocycles. The third-order valence-corrected chi connectivity index (χ3v) is 2.76. The molecule has 3 nitrogen and oxygen atoms in total. The second-order valence-electron chi connectivity index (χ2n) is 3.27. The standard InChI is InChI=1S/C7H16N2O.C4H10S/c1-3-7(9-6-10)4-5-8-2;1-3-4-5-2/h6-8H,3-5H2,1-2H3,(H,9,10);3-4H2,1-2H3. The lowest BCUT2D eigenvalue weighted by Gasteiger charge is -2.12. The van der Waals surface area contributed by atoms with Gasteiger partial charge >= 0.3 is 0 Å². The number of carbonyl (C=O) groups excluding carboxylic acids is 1. The van der Waals surface area contributed by atoms with E-state index in [2.05, 4.69) is 30.7 Å². The van der Waals surface area contributed by atoms with Crippen LogP contribution in [0.4, 0.5) is 0 Å². The zero-order valence-electron chi connectivity index (χ0n) is 10.5. The van der Waals surface area contributed by atoms with Gasteiger partial charge in [0.25, 0.3) is 0 Å². The van der Waals surface area contributed by atoms with Crippen LogP contribution in [0.1, 0.15) is 33.1 Å². The van der Waals surface area contributed by atoms with E-state index in [1.807, 2.05) is 18.8 Å². The Bertz CT molecular complexity index is 121. The van der Waals surface area contributed by atoms with Crippen molar-refractivity contribution in [2.24, 2.45) is 0 Å². The van der Waals surface area contributed by atoms with Gasteiger partial charge in [-0.15, -0.1) is 0 Å². The van der Waals surface area contributed by atoms with Gasteiger partial charge in [0.1, 0.15) is 0 Å². The predicted molar refractivity (Wildman–Crippen MR) is 70.5 cm³/mol. The Morgan fingerprint density at radius 3 is 2.33 bits per heavy atom. The average molecular weight is 234 g/mol. The molecule has 1 amide bonds. The molecule has 0 aliphatic rings. The summed E-state index contributed by atoms with van der Waals surface area (Å²) in [6.07, 6.45) is 6.21. The molecule has 15 heavy (non-hydrogen) atoms. The lowest BCUT2D eigenvalue weighted by molar-refractivity contribution is -0.110. The summed E-state index contributed by atoms with van der Waals surface area (Å²) in [5, 5.41) is 5.78. The summed E-state index contributed by atoms with van der Waals surface area (Å²) < 4.78 is 0. The fraction of sp³-hybridized carbons (Fsp3) is 0.909. The van der Waals surface area contributed by atoms with Crippen LogP contribution in [0.3, 0.4) is 0 Å². The van der Waals surface area contributed by atoms with Gasteiger partial charge in [0, 0.05) is 6.04 Å². The quantitative estimate of drug-likeness (QED) is 0.630. The minimum Gasteiger partial charge on any atom is -0.356 e. The molecule has 4 heteroatoms. The van der Waals surface area contributed by atoms with Crippen LogP contribution in [0.5, 0.6) is 0 Å². The molecule has 0 rings (SSSR count). The molecular weight excluding hydrogens is 208 g/mol. The Hall–Kier alpha value is -0.220. The zero-order chi connectivity index (χ0) is 11.9. The fourth-order valence-corrected chi connectivity index (χ4v) is 1.43. The van der Waals surface area contributed by atoms with Crippen molar-refractivity contribution in [3.8, 4) is 0 Å². The molecule has 1 unspecified atom stereocenters. The fourth-order valence-electron chi connectivity index (χ4n) is 1.02. The van der Waals surface area contributed by atoms with Crippen LogP contribution < -0.4 is 10.6 Å². The molecule has 0 aliphatic carbocycles. The molecule has 0 aliphatic heterocycles. The highest BCUT2D eigenvalue weighted by Gasteiger charge is 2.01. The summed E-state index contributed by atoms with van der Waals surface area (Å²) in [4.78, 5) is 10.0. The van der Waals surface area contributed by atoms with Crippen LogP contribution in [0.2, 0.25) is 0 Å². The maximum Gasteiger partial charge on any atom is 0.207 e. The number of hydrogen-bond donors (Lipinski definition) is 2. The summed E-state index contributed by atoms with van der Waals surface area (Å²) >= 11 is 1.90. The number of thioether (sulfide) groups is 1. The van der Waals surface area contributed by atoms with Gasteiger partial charge in [-0.05, 0) is 44.9 Å². The van der Waals surface area contributed by atoms with Crippen molar-refractivity contribution in [2.45, 2.75) is 39.2 Å². The van der Waals surface area contributed by atoms with Crippen molar-refractivity contribution >= 4 is 18.2 Å². The van der Waals surface area contributed by atoms with E-state index < -0.39 is 0 Å². The zero-order valence-corrected chi connectivity index (χ0v) is 11.3. The Kier molecular flexibility index (Phi) is 18.6. The lowest BCUT2D eigenvalue weighted by Crippen LogP contribution is -2.30. The second-order valence-corrected chi connectivity index (χ2v) is 4.26. The molecule has 1 atom stereocenters. The molecule has 2 N–H and O–H groups in total. The van der Waals surface area contributed by atoms with Crippen LogP contribution in [0.25, 0.3) is 0 Å². The second kappa shape index (κ2) is 16.2. The SMILES string of the molecule is CCC(CCNC)NC=O.CCCSC. The van der Waals surface area contributed by atoms with Crippen molar-refractivity contribution in [1.29, 1.82) is 0 Å². The van der Waals surface area contributed by atoms with E-state index in [-0.39, 0.29) is 0 Å². The molecule has 0 radical (unpaired) electrons. The molecular formula is C11H26N2OS. The number of hydrogen-bond acceptors (Lipinski definition) is 3. The summed E-state index contributed by atoms with van der Waals surface area (Å²) in [6, 6.07) is 0.338. The molecule has 0 heterocycles. The molecule has 0 saturated carbocycles. The molecule has 0 aromatic heterocycles. The highest BCUT2D eigenvalue weighted by Crippen LogP contribution is 1.93.